The van der Waals surface area contributed by atoms with Gasteiger partial charge in [-0.05, 0) is 30.5 Å². The number of carbonyl (C=O) groups is 3. The number of nitrogens with one attached hydrogen (secondary N) is 2. The van der Waals surface area contributed by atoms with Crippen LogP contribution in [0.3, 0.4) is 0 Å². The molecule has 1 spiro atoms. The van der Waals surface area contributed by atoms with Crippen LogP contribution >= 0.6 is 11.3 Å². The van der Waals surface area contributed by atoms with Gasteiger partial charge in [0.05, 0.1) is 31.9 Å². The van der Waals surface area contributed by atoms with Gasteiger partial charge in [0.25, 0.3) is 11.8 Å². The summed E-state index contributed by atoms with van der Waals surface area (Å²) in [5, 5.41) is 8.18. The fourth-order valence-corrected chi connectivity index (χ4v) is 5.85. The number of ether oxygens (including phenoxy) is 2. The van der Waals surface area contributed by atoms with E-state index >= 15 is 0 Å². The number of benzene rings is 2. The lowest BCUT2D eigenvalue weighted by Gasteiger charge is -2.41. The Kier molecular flexibility index (Phi) is 7.16. The molecule has 1 atom stereocenters. The molecule has 10 heteroatoms. The van der Waals surface area contributed by atoms with Gasteiger partial charge in [0.15, 0.2) is 5.13 Å². The summed E-state index contributed by atoms with van der Waals surface area (Å²) >= 11 is 1.31. The van der Waals surface area contributed by atoms with Crippen molar-refractivity contribution in [1.82, 2.24) is 15.2 Å². The summed E-state index contributed by atoms with van der Waals surface area (Å²) in [6.45, 7) is 1.07. The van der Waals surface area contributed by atoms with Crippen LogP contribution in [-0.4, -0.2) is 65.2 Å². The highest BCUT2D eigenvalue weighted by atomic mass is 32.1. The summed E-state index contributed by atoms with van der Waals surface area (Å²) in [4.78, 5) is 45.5. The zero-order chi connectivity index (χ0) is 26.8. The number of thiazole rings is 1. The molecule has 2 N–H and O–H groups in total. The molecular formula is C29H30N4O5S. The molecular weight excluding hydrogens is 516 g/mol. The van der Waals surface area contributed by atoms with Crippen LogP contribution in [0.25, 0.3) is 11.3 Å². The number of nitrogens with zero attached hydrogens (tertiary/aromatic N) is 2. The highest BCUT2D eigenvalue weighted by molar-refractivity contribution is 7.14. The lowest BCUT2D eigenvalue weighted by Crippen LogP contribution is -2.57. The first-order valence-corrected chi connectivity index (χ1v) is 14.1. The number of hydrogen-bond acceptors (Lipinski definition) is 7. The predicted octanol–water partition coefficient (Wildman–Crippen LogP) is 3.62. The van der Waals surface area contributed by atoms with E-state index in [4.69, 9.17) is 9.47 Å². The fourth-order valence-electron chi connectivity index (χ4n) is 5.13. The van der Waals surface area contributed by atoms with Crippen molar-refractivity contribution < 1.29 is 23.9 Å². The van der Waals surface area contributed by atoms with Crippen LogP contribution < -0.4 is 10.6 Å². The van der Waals surface area contributed by atoms with Gasteiger partial charge in [0.1, 0.15) is 11.8 Å². The van der Waals surface area contributed by atoms with Gasteiger partial charge in [-0.25, -0.2) is 4.98 Å². The van der Waals surface area contributed by atoms with Crippen LogP contribution in [0.1, 0.15) is 41.6 Å². The van der Waals surface area contributed by atoms with Gasteiger partial charge in [-0.2, -0.15) is 0 Å². The van der Waals surface area contributed by atoms with E-state index in [9.17, 15) is 14.4 Å². The minimum absolute atomic E-state index is 0.0669. The Bertz CT molecular complexity index is 1350. The van der Waals surface area contributed by atoms with Crippen LogP contribution in [0.2, 0.25) is 0 Å². The molecule has 2 aromatic carbocycles. The van der Waals surface area contributed by atoms with Crippen molar-refractivity contribution in [2.24, 2.45) is 0 Å². The average molecular weight is 547 g/mol. The molecule has 3 aromatic rings. The SMILES string of the molecule is O=C(NC1CC1)c1ccc(-c2csc(NC(=O)[C@@H]3COC4(CCOCC4)N3C(=O)Cc3ccccc3)n2)cc1. The monoisotopic (exact) mass is 546 g/mol. The lowest BCUT2D eigenvalue weighted by molar-refractivity contribution is -0.169. The topological polar surface area (TPSA) is 110 Å². The number of aromatic nitrogens is 1. The molecule has 0 bridgehead atoms. The summed E-state index contributed by atoms with van der Waals surface area (Å²) in [6.07, 6.45) is 3.31. The maximum Gasteiger partial charge on any atom is 0.251 e. The van der Waals surface area contributed by atoms with E-state index in [1.165, 1.54) is 11.3 Å². The molecule has 3 amide bonds. The van der Waals surface area contributed by atoms with Gasteiger partial charge in [0.2, 0.25) is 5.91 Å². The molecule has 3 aliphatic rings. The van der Waals surface area contributed by atoms with Gasteiger partial charge in [-0.15, -0.1) is 11.3 Å². The van der Waals surface area contributed by atoms with E-state index in [1.54, 1.807) is 17.0 Å². The third kappa shape index (κ3) is 5.59. The second-order valence-corrected chi connectivity index (χ2v) is 11.0. The first kappa shape index (κ1) is 25.7. The fraction of sp³-hybridized carbons (Fsp3) is 0.379. The number of amides is 3. The summed E-state index contributed by atoms with van der Waals surface area (Å²) in [7, 11) is 0. The molecule has 3 fully saturated rings. The molecule has 3 heterocycles. The van der Waals surface area contributed by atoms with Crippen molar-refractivity contribution >= 4 is 34.2 Å². The lowest BCUT2D eigenvalue weighted by atomic mass is 10.00. The van der Waals surface area contributed by atoms with Gasteiger partial charge >= 0.3 is 0 Å². The number of anilines is 1. The highest BCUT2D eigenvalue weighted by Crippen LogP contribution is 2.38. The second-order valence-electron chi connectivity index (χ2n) is 10.2. The van der Waals surface area contributed by atoms with E-state index in [0.29, 0.717) is 48.5 Å². The van der Waals surface area contributed by atoms with E-state index in [2.05, 4.69) is 15.6 Å². The van der Waals surface area contributed by atoms with E-state index in [-0.39, 0.29) is 30.7 Å². The third-order valence-electron chi connectivity index (χ3n) is 7.39. The maximum absolute atomic E-state index is 13.6. The Morgan fingerprint density at radius 2 is 1.77 bits per heavy atom. The largest absolute Gasteiger partial charge is 0.381 e. The minimum Gasteiger partial charge on any atom is -0.381 e. The van der Waals surface area contributed by atoms with Crippen molar-refractivity contribution in [3.05, 3.63) is 71.1 Å². The van der Waals surface area contributed by atoms with Gasteiger partial charge in [0, 0.05) is 35.4 Å². The van der Waals surface area contributed by atoms with Crippen molar-refractivity contribution in [2.75, 3.05) is 25.1 Å². The molecule has 2 aliphatic heterocycles. The Labute approximate surface area is 230 Å². The van der Waals surface area contributed by atoms with Gasteiger partial charge in [-0.3, -0.25) is 19.3 Å². The third-order valence-corrected chi connectivity index (χ3v) is 8.15. The summed E-state index contributed by atoms with van der Waals surface area (Å²) in [5.74, 6) is -0.540. The van der Waals surface area contributed by atoms with Crippen LogP contribution in [0.15, 0.2) is 60.0 Å². The van der Waals surface area contributed by atoms with E-state index in [1.807, 2.05) is 47.8 Å². The van der Waals surface area contributed by atoms with Crippen molar-refractivity contribution in [2.45, 2.75) is 49.9 Å². The van der Waals surface area contributed by atoms with Crippen molar-refractivity contribution in [1.29, 1.82) is 0 Å². The molecule has 6 rings (SSSR count). The van der Waals surface area contributed by atoms with Crippen molar-refractivity contribution in [3.63, 3.8) is 0 Å². The molecule has 1 aromatic heterocycles. The first-order valence-electron chi connectivity index (χ1n) is 13.3. The van der Waals surface area contributed by atoms with Crippen LogP contribution in [0, 0.1) is 0 Å². The van der Waals surface area contributed by atoms with Gasteiger partial charge in [-0.1, -0.05) is 42.5 Å². The Balaban J connectivity index is 1.15. The summed E-state index contributed by atoms with van der Waals surface area (Å²) in [6, 6.07) is 16.3. The molecule has 9 nitrogen and oxygen atoms in total. The Morgan fingerprint density at radius 3 is 2.49 bits per heavy atom. The molecule has 1 aliphatic carbocycles. The average Bonchev–Trinajstić information content (AvgIpc) is 3.52. The number of hydrogen-bond donors (Lipinski definition) is 2. The summed E-state index contributed by atoms with van der Waals surface area (Å²) < 4.78 is 11.7. The second kappa shape index (κ2) is 10.9. The normalized spacial score (nSPS) is 20.1. The Hall–Kier alpha value is -3.60. The quantitative estimate of drug-likeness (QED) is 0.469. The zero-order valence-electron chi connectivity index (χ0n) is 21.4. The standard InChI is InChI=1S/C29H30N4O5S/c34-25(16-19-4-2-1-3-5-19)33-24(17-38-29(33)12-14-37-15-13-29)27(36)32-28-31-23(18-39-28)20-6-8-21(9-7-20)26(35)30-22-10-11-22/h1-9,18,22,24H,10-17H2,(H,30,35)(H,31,32,36)/t24-/m0/s1. The molecule has 1 saturated carbocycles. The smallest absolute Gasteiger partial charge is 0.251 e. The van der Waals surface area contributed by atoms with Gasteiger partial charge < -0.3 is 20.1 Å². The first-order chi connectivity index (χ1) is 19.0. The molecule has 0 unspecified atom stereocenters. The number of carbonyl (C=O) groups excluding carboxylic acids is 3. The predicted molar refractivity (Wildman–Crippen MR) is 146 cm³/mol. The maximum atomic E-state index is 13.6. The van der Waals surface area contributed by atoms with Crippen molar-refractivity contribution in [3.8, 4) is 11.3 Å². The Morgan fingerprint density at radius 1 is 1.03 bits per heavy atom. The summed E-state index contributed by atoms with van der Waals surface area (Å²) in [5.41, 5.74) is 2.20. The molecule has 39 heavy (non-hydrogen) atoms. The number of rotatable bonds is 7. The molecule has 202 valence electrons. The molecule has 0 radical (unpaired) electrons. The van der Waals surface area contributed by atoms with Crippen LogP contribution in [0.4, 0.5) is 5.13 Å². The van der Waals surface area contributed by atoms with Crippen LogP contribution in [-0.2, 0) is 25.5 Å². The molecule has 2 saturated heterocycles. The zero-order valence-corrected chi connectivity index (χ0v) is 22.2. The minimum atomic E-state index is -0.840. The van der Waals surface area contributed by atoms with E-state index in [0.717, 1.165) is 24.0 Å². The van der Waals surface area contributed by atoms with E-state index < -0.39 is 11.8 Å². The van der Waals surface area contributed by atoms with Crippen LogP contribution in [0.5, 0.6) is 0 Å². The highest BCUT2D eigenvalue weighted by Gasteiger charge is 2.53.